The molecule has 1 amide bonds. The Morgan fingerprint density at radius 1 is 1.05 bits per heavy atom. The van der Waals surface area contributed by atoms with E-state index in [1.54, 1.807) is 27.5 Å². The van der Waals surface area contributed by atoms with Crippen molar-refractivity contribution < 1.29 is 19.1 Å². The molecule has 1 aliphatic heterocycles. The number of hydrogen-bond acceptors (Lipinski definition) is 5. The summed E-state index contributed by atoms with van der Waals surface area (Å²) >= 11 is 1.61. The van der Waals surface area contributed by atoms with Gasteiger partial charge in [-0.3, -0.25) is 4.90 Å². The largest absolute Gasteiger partial charge is 0.457 e. The number of amides is 1. The number of carbonyl (C=O) groups excluding carboxylic acids is 2. The van der Waals surface area contributed by atoms with Crippen molar-refractivity contribution in [3.8, 4) is 0 Å². The molecule has 22 heavy (non-hydrogen) atoms. The number of hydrogen-bond donors (Lipinski definition) is 0. The lowest BCUT2D eigenvalue weighted by Gasteiger charge is -2.33. The van der Waals surface area contributed by atoms with Crippen molar-refractivity contribution in [3.63, 3.8) is 0 Å². The number of carbonyl (C=O) groups is 2. The monoisotopic (exact) mass is 418 g/mol. The quantitative estimate of drug-likeness (QED) is 0.544. The Morgan fingerprint density at radius 3 is 2.36 bits per heavy atom. The average molecular weight is 418 g/mol. The molecule has 0 spiro atoms. The molecule has 0 radical (unpaired) electrons. The van der Waals surface area contributed by atoms with E-state index in [4.69, 9.17) is 9.47 Å². The summed E-state index contributed by atoms with van der Waals surface area (Å²) in [5.74, 6) is 0. The molecule has 0 unspecified atom stereocenters. The Kier molecular flexibility index (Phi) is 6.91. The highest BCUT2D eigenvalue weighted by molar-refractivity contribution is 14.1. The van der Waals surface area contributed by atoms with Crippen LogP contribution >= 0.6 is 22.6 Å². The molecule has 1 aromatic rings. The minimum atomic E-state index is -0.291. The van der Waals surface area contributed by atoms with Crippen molar-refractivity contribution in [3.05, 3.63) is 35.9 Å². The molecular weight excluding hydrogens is 399 g/mol. The highest BCUT2D eigenvalue weighted by Crippen LogP contribution is 2.07. The summed E-state index contributed by atoms with van der Waals surface area (Å²) in [4.78, 5) is 26.6. The van der Waals surface area contributed by atoms with Gasteiger partial charge >= 0.3 is 10.1 Å². The Hall–Kier alpha value is -1.35. The van der Waals surface area contributed by atoms with Crippen LogP contribution in [-0.4, -0.2) is 59.2 Å². The maximum atomic E-state index is 12.0. The van der Waals surface area contributed by atoms with Gasteiger partial charge in [0.1, 0.15) is 13.2 Å². The number of ether oxygens (including phenoxy) is 2. The molecular formula is C15H19IN2O4. The van der Waals surface area contributed by atoms with Crippen molar-refractivity contribution in [1.82, 2.24) is 9.80 Å². The third kappa shape index (κ3) is 5.80. The summed E-state index contributed by atoms with van der Waals surface area (Å²) in [6.45, 7) is 4.17. The van der Waals surface area contributed by atoms with E-state index in [-0.39, 0.29) is 10.1 Å². The van der Waals surface area contributed by atoms with Crippen LogP contribution in [0.4, 0.5) is 9.59 Å². The minimum absolute atomic E-state index is 0.276. The van der Waals surface area contributed by atoms with Crippen LogP contribution < -0.4 is 0 Å². The van der Waals surface area contributed by atoms with Crippen LogP contribution in [0.1, 0.15) is 5.56 Å². The first kappa shape index (κ1) is 17.0. The van der Waals surface area contributed by atoms with Crippen LogP contribution in [0.25, 0.3) is 0 Å². The first-order valence-electron chi connectivity index (χ1n) is 7.15. The van der Waals surface area contributed by atoms with Gasteiger partial charge in [-0.1, -0.05) is 30.3 Å². The minimum Gasteiger partial charge on any atom is -0.457 e. The van der Waals surface area contributed by atoms with Crippen LogP contribution in [0.3, 0.4) is 0 Å². The van der Waals surface area contributed by atoms with E-state index in [0.29, 0.717) is 32.8 Å². The zero-order valence-corrected chi connectivity index (χ0v) is 14.4. The molecule has 0 bridgehead atoms. The van der Waals surface area contributed by atoms with Crippen molar-refractivity contribution in [2.75, 3.05) is 39.3 Å². The molecule has 7 heteroatoms. The summed E-state index contributed by atoms with van der Waals surface area (Å²) < 4.78 is 9.93. The van der Waals surface area contributed by atoms with E-state index in [1.165, 1.54) is 0 Å². The van der Waals surface area contributed by atoms with Crippen molar-refractivity contribution in [1.29, 1.82) is 0 Å². The van der Waals surface area contributed by atoms with Gasteiger partial charge < -0.3 is 14.4 Å². The molecule has 0 aliphatic carbocycles. The lowest BCUT2D eigenvalue weighted by molar-refractivity contribution is 0.0665. The second-order valence-corrected chi connectivity index (χ2v) is 5.84. The van der Waals surface area contributed by atoms with E-state index < -0.39 is 0 Å². The fourth-order valence-electron chi connectivity index (χ4n) is 2.22. The fraction of sp³-hybridized carbons (Fsp3) is 0.467. The summed E-state index contributed by atoms with van der Waals surface area (Å²) in [6.07, 6.45) is -0.276. The maximum Gasteiger partial charge on any atom is 0.410 e. The SMILES string of the molecule is O=C(I)OCCN1CCN(C(=O)OCc2ccccc2)CC1. The highest BCUT2D eigenvalue weighted by Gasteiger charge is 2.22. The topological polar surface area (TPSA) is 59.1 Å². The maximum absolute atomic E-state index is 12.0. The molecule has 1 aromatic carbocycles. The summed E-state index contributed by atoms with van der Waals surface area (Å²) in [5.41, 5.74) is 0.982. The number of halogens is 1. The summed E-state index contributed by atoms with van der Waals surface area (Å²) in [5, 5.41) is 0. The van der Waals surface area contributed by atoms with E-state index in [2.05, 4.69) is 4.90 Å². The third-order valence-corrected chi connectivity index (χ3v) is 3.77. The van der Waals surface area contributed by atoms with Gasteiger partial charge in [-0.05, 0) is 5.56 Å². The second kappa shape index (κ2) is 8.94. The first-order chi connectivity index (χ1) is 10.6. The van der Waals surface area contributed by atoms with Crippen molar-refractivity contribution in [2.45, 2.75) is 6.61 Å². The molecule has 0 aromatic heterocycles. The zero-order chi connectivity index (χ0) is 15.8. The predicted octanol–water partition coefficient (Wildman–Crippen LogP) is 2.51. The molecule has 0 atom stereocenters. The van der Waals surface area contributed by atoms with Crippen molar-refractivity contribution in [2.24, 2.45) is 0 Å². The molecule has 1 heterocycles. The number of rotatable bonds is 5. The number of piperazine rings is 1. The van der Waals surface area contributed by atoms with Gasteiger partial charge in [-0.25, -0.2) is 9.59 Å². The van der Waals surface area contributed by atoms with E-state index >= 15 is 0 Å². The van der Waals surface area contributed by atoms with Crippen LogP contribution in [0.5, 0.6) is 0 Å². The Bertz CT molecular complexity index is 490. The van der Waals surface area contributed by atoms with E-state index in [1.807, 2.05) is 30.3 Å². The third-order valence-electron chi connectivity index (χ3n) is 3.46. The molecule has 0 N–H and O–H groups in total. The van der Waals surface area contributed by atoms with Crippen LogP contribution in [0.2, 0.25) is 0 Å². The van der Waals surface area contributed by atoms with Gasteiger partial charge in [0, 0.05) is 32.7 Å². The second-order valence-electron chi connectivity index (χ2n) is 4.95. The number of nitrogens with zero attached hydrogens (tertiary/aromatic N) is 2. The molecule has 120 valence electrons. The molecule has 1 aliphatic rings. The van der Waals surface area contributed by atoms with Gasteiger partial charge in [0.05, 0.1) is 22.6 Å². The van der Waals surface area contributed by atoms with Gasteiger partial charge in [0.25, 0.3) is 0 Å². The first-order valence-corrected chi connectivity index (χ1v) is 8.23. The number of benzene rings is 1. The van der Waals surface area contributed by atoms with Crippen LogP contribution in [0, 0.1) is 0 Å². The lowest BCUT2D eigenvalue weighted by atomic mass is 10.2. The molecule has 6 nitrogen and oxygen atoms in total. The molecule has 2 rings (SSSR count). The Balaban J connectivity index is 1.65. The molecule has 1 saturated heterocycles. The lowest BCUT2D eigenvalue weighted by Crippen LogP contribution is -2.49. The van der Waals surface area contributed by atoms with Gasteiger partial charge in [0.2, 0.25) is 0 Å². The van der Waals surface area contributed by atoms with Gasteiger partial charge in [-0.15, -0.1) is 0 Å². The molecule has 1 fully saturated rings. The average Bonchev–Trinajstić information content (AvgIpc) is 2.54. The van der Waals surface area contributed by atoms with E-state index in [0.717, 1.165) is 18.7 Å². The van der Waals surface area contributed by atoms with Gasteiger partial charge in [-0.2, -0.15) is 0 Å². The summed E-state index contributed by atoms with van der Waals surface area (Å²) in [7, 11) is 0. The van der Waals surface area contributed by atoms with Crippen LogP contribution in [-0.2, 0) is 16.1 Å². The zero-order valence-electron chi connectivity index (χ0n) is 12.2. The summed E-state index contributed by atoms with van der Waals surface area (Å²) in [6, 6.07) is 9.63. The normalized spacial score (nSPS) is 15.4. The van der Waals surface area contributed by atoms with E-state index in [9.17, 15) is 9.59 Å². The predicted molar refractivity (Wildman–Crippen MR) is 90.0 cm³/mol. The molecule has 0 saturated carbocycles. The standard InChI is InChI=1S/C15H19IN2O4/c16-14(19)21-11-10-17-6-8-18(9-7-17)15(20)22-12-13-4-2-1-3-5-13/h1-5H,6-12H2. The van der Waals surface area contributed by atoms with Gasteiger partial charge in [0.15, 0.2) is 0 Å². The van der Waals surface area contributed by atoms with Crippen molar-refractivity contribution >= 4 is 32.7 Å². The Labute approximate surface area is 143 Å². The smallest absolute Gasteiger partial charge is 0.410 e. The van der Waals surface area contributed by atoms with Crippen LogP contribution in [0.15, 0.2) is 30.3 Å². The highest BCUT2D eigenvalue weighted by atomic mass is 127. The Morgan fingerprint density at radius 2 is 1.73 bits per heavy atom. The fourth-order valence-corrected chi connectivity index (χ4v) is 2.44.